The Balaban J connectivity index is 2.67. The van der Waals surface area contributed by atoms with Crippen LogP contribution in [0.1, 0.15) is 24.3 Å². The number of rotatable bonds is 6. The molecule has 2 N–H and O–H groups in total. The molecular weight excluding hydrogens is 218 g/mol. The third-order valence-corrected chi connectivity index (χ3v) is 2.60. The molecule has 1 amide bonds. The largest absolute Gasteiger partial charge is 0.397 e. The predicted molar refractivity (Wildman–Crippen MR) is 68.0 cm³/mol. The molecule has 1 aromatic rings. The number of anilines is 1. The second kappa shape index (κ2) is 6.30. The van der Waals surface area contributed by atoms with Gasteiger partial charge in [-0.1, -0.05) is 0 Å². The fourth-order valence-corrected chi connectivity index (χ4v) is 1.62. The van der Waals surface area contributed by atoms with Crippen molar-refractivity contribution in [3.63, 3.8) is 0 Å². The number of ether oxygens (including phenoxy) is 1. The van der Waals surface area contributed by atoms with Crippen LogP contribution in [0.15, 0.2) is 12.3 Å². The zero-order valence-electron chi connectivity index (χ0n) is 10.8. The first-order valence-electron chi connectivity index (χ1n) is 5.89. The van der Waals surface area contributed by atoms with Gasteiger partial charge in [-0.2, -0.15) is 0 Å². The highest BCUT2D eigenvalue weighted by Gasteiger charge is 2.16. The smallest absolute Gasteiger partial charge is 0.270 e. The lowest BCUT2D eigenvalue weighted by Gasteiger charge is -2.17. The maximum Gasteiger partial charge on any atom is 0.270 e. The van der Waals surface area contributed by atoms with E-state index in [2.05, 4.69) is 0 Å². The first-order chi connectivity index (χ1) is 8.10. The van der Waals surface area contributed by atoms with Gasteiger partial charge in [-0.25, -0.2) is 0 Å². The van der Waals surface area contributed by atoms with Gasteiger partial charge in [0.1, 0.15) is 5.69 Å². The van der Waals surface area contributed by atoms with Gasteiger partial charge in [-0.15, -0.1) is 0 Å². The summed E-state index contributed by atoms with van der Waals surface area (Å²) in [4.78, 5) is 13.8. The highest BCUT2D eigenvalue weighted by molar-refractivity contribution is 5.93. The second-order valence-electron chi connectivity index (χ2n) is 3.87. The van der Waals surface area contributed by atoms with Crippen LogP contribution in [0.3, 0.4) is 0 Å². The van der Waals surface area contributed by atoms with Crippen LogP contribution >= 0.6 is 0 Å². The summed E-state index contributed by atoms with van der Waals surface area (Å²) in [6, 6.07) is 1.71. The maximum atomic E-state index is 12.1. The lowest BCUT2D eigenvalue weighted by Crippen LogP contribution is -2.31. The van der Waals surface area contributed by atoms with Crippen molar-refractivity contribution in [1.82, 2.24) is 9.47 Å². The minimum absolute atomic E-state index is 0.0248. The van der Waals surface area contributed by atoms with Gasteiger partial charge in [-0.3, -0.25) is 4.79 Å². The lowest BCUT2D eigenvalue weighted by molar-refractivity contribution is 0.0700. The average Bonchev–Trinajstić information content (AvgIpc) is 2.69. The third-order valence-electron chi connectivity index (χ3n) is 2.60. The number of carbonyl (C=O) groups is 1. The minimum Gasteiger partial charge on any atom is -0.397 e. The van der Waals surface area contributed by atoms with Gasteiger partial charge in [0.05, 0.1) is 12.3 Å². The van der Waals surface area contributed by atoms with Crippen molar-refractivity contribution in [2.75, 3.05) is 32.5 Å². The van der Waals surface area contributed by atoms with Crippen LogP contribution in [0.4, 0.5) is 5.69 Å². The number of likely N-dealkylation sites (N-methyl/N-ethyl adjacent to an activating group) is 1. The molecule has 1 aromatic heterocycles. The van der Waals surface area contributed by atoms with Gasteiger partial charge in [0.15, 0.2) is 0 Å². The number of hydrogen-bond donors (Lipinski definition) is 1. The van der Waals surface area contributed by atoms with E-state index in [9.17, 15) is 4.79 Å². The van der Waals surface area contributed by atoms with E-state index in [1.54, 1.807) is 24.2 Å². The normalized spacial score (nSPS) is 10.5. The predicted octanol–water partition coefficient (Wildman–Crippen LogP) is 1.20. The number of nitrogens with zero attached hydrogens (tertiary/aromatic N) is 2. The van der Waals surface area contributed by atoms with E-state index in [0.29, 0.717) is 31.1 Å². The van der Waals surface area contributed by atoms with Gasteiger partial charge < -0.3 is 19.9 Å². The first-order valence-corrected chi connectivity index (χ1v) is 5.89. The monoisotopic (exact) mass is 239 g/mol. The summed E-state index contributed by atoms with van der Waals surface area (Å²) in [6.45, 7) is 6.46. The maximum absolute atomic E-state index is 12.1. The molecule has 1 heterocycles. The average molecular weight is 239 g/mol. The van der Waals surface area contributed by atoms with Crippen molar-refractivity contribution in [3.05, 3.63) is 18.0 Å². The number of nitrogens with two attached hydrogens (primary N) is 1. The molecule has 0 unspecified atom stereocenters. The lowest BCUT2D eigenvalue weighted by atomic mass is 10.3. The summed E-state index contributed by atoms with van der Waals surface area (Å²) in [5, 5.41) is 0. The summed E-state index contributed by atoms with van der Waals surface area (Å²) in [6.07, 6.45) is 1.78. The zero-order valence-corrected chi connectivity index (χ0v) is 10.8. The Hall–Kier alpha value is -1.49. The standard InChI is InChI=1S/C12H21N3O2/c1-4-15-9-10(13)8-11(15)12(16)14(3)6-7-17-5-2/h8-9H,4-7,13H2,1-3H3. The molecule has 0 radical (unpaired) electrons. The number of nitrogen functional groups attached to an aromatic ring is 1. The highest BCUT2D eigenvalue weighted by atomic mass is 16.5. The van der Waals surface area contributed by atoms with Gasteiger partial charge in [0, 0.05) is 32.9 Å². The topological polar surface area (TPSA) is 60.5 Å². The van der Waals surface area contributed by atoms with Crippen molar-refractivity contribution in [2.24, 2.45) is 0 Å². The van der Waals surface area contributed by atoms with E-state index < -0.39 is 0 Å². The summed E-state index contributed by atoms with van der Waals surface area (Å²) in [7, 11) is 1.77. The Morgan fingerprint density at radius 1 is 1.53 bits per heavy atom. The molecule has 0 aromatic carbocycles. The molecule has 1 rings (SSSR count). The number of amides is 1. The molecule has 0 aliphatic carbocycles. The Kier molecular flexibility index (Phi) is 5.03. The number of aromatic nitrogens is 1. The van der Waals surface area contributed by atoms with Crippen molar-refractivity contribution < 1.29 is 9.53 Å². The third kappa shape index (κ3) is 3.49. The van der Waals surface area contributed by atoms with Gasteiger partial charge >= 0.3 is 0 Å². The van der Waals surface area contributed by atoms with Crippen LogP contribution in [0.25, 0.3) is 0 Å². The summed E-state index contributed by atoms with van der Waals surface area (Å²) >= 11 is 0. The molecule has 0 bridgehead atoms. The fraction of sp³-hybridized carbons (Fsp3) is 0.583. The second-order valence-corrected chi connectivity index (χ2v) is 3.87. The van der Waals surface area contributed by atoms with Crippen molar-refractivity contribution in [2.45, 2.75) is 20.4 Å². The molecule has 0 saturated heterocycles. The van der Waals surface area contributed by atoms with Crippen LogP contribution in [-0.4, -0.2) is 42.2 Å². The SMILES string of the molecule is CCOCCN(C)C(=O)c1cc(N)cn1CC. The van der Waals surface area contributed by atoms with Crippen molar-refractivity contribution in [1.29, 1.82) is 0 Å². The molecular formula is C12H21N3O2. The van der Waals surface area contributed by atoms with Crippen LogP contribution < -0.4 is 5.73 Å². The Bertz CT molecular complexity index is 374. The van der Waals surface area contributed by atoms with E-state index in [1.165, 1.54) is 0 Å². The van der Waals surface area contributed by atoms with Crippen LogP contribution in [-0.2, 0) is 11.3 Å². The molecule has 0 spiro atoms. The molecule has 0 fully saturated rings. The van der Waals surface area contributed by atoms with Gasteiger partial charge in [0.2, 0.25) is 0 Å². The number of carbonyl (C=O) groups excluding carboxylic acids is 1. The minimum atomic E-state index is -0.0248. The number of hydrogen-bond acceptors (Lipinski definition) is 3. The van der Waals surface area contributed by atoms with Crippen LogP contribution in [0.5, 0.6) is 0 Å². The molecule has 0 aliphatic heterocycles. The Morgan fingerprint density at radius 3 is 2.82 bits per heavy atom. The highest BCUT2D eigenvalue weighted by Crippen LogP contribution is 2.12. The fourth-order valence-electron chi connectivity index (χ4n) is 1.62. The Morgan fingerprint density at radius 2 is 2.24 bits per heavy atom. The Labute approximate surface area is 102 Å². The van der Waals surface area contributed by atoms with E-state index in [1.807, 2.05) is 18.4 Å². The quantitative estimate of drug-likeness (QED) is 0.759. The van der Waals surface area contributed by atoms with E-state index in [0.717, 1.165) is 6.54 Å². The van der Waals surface area contributed by atoms with Crippen molar-refractivity contribution in [3.8, 4) is 0 Å². The van der Waals surface area contributed by atoms with E-state index in [-0.39, 0.29) is 5.91 Å². The van der Waals surface area contributed by atoms with E-state index >= 15 is 0 Å². The number of aryl methyl sites for hydroxylation is 1. The van der Waals surface area contributed by atoms with E-state index in [4.69, 9.17) is 10.5 Å². The molecule has 5 nitrogen and oxygen atoms in total. The summed E-state index contributed by atoms with van der Waals surface area (Å²) in [5.41, 5.74) is 6.95. The van der Waals surface area contributed by atoms with Crippen molar-refractivity contribution >= 4 is 11.6 Å². The molecule has 17 heavy (non-hydrogen) atoms. The van der Waals surface area contributed by atoms with Gasteiger partial charge in [-0.05, 0) is 19.9 Å². The molecule has 96 valence electrons. The molecule has 5 heteroatoms. The summed E-state index contributed by atoms with van der Waals surface area (Å²) < 4.78 is 7.08. The molecule has 0 atom stereocenters. The van der Waals surface area contributed by atoms with Crippen LogP contribution in [0.2, 0.25) is 0 Å². The van der Waals surface area contributed by atoms with Gasteiger partial charge in [0.25, 0.3) is 5.91 Å². The first kappa shape index (κ1) is 13.6. The zero-order chi connectivity index (χ0) is 12.8. The molecule has 0 aliphatic rings. The summed E-state index contributed by atoms with van der Waals surface area (Å²) in [5.74, 6) is -0.0248. The molecule has 0 saturated carbocycles. The van der Waals surface area contributed by atoms with Crippen LogP contribution in [0, 0.1) is 0 Å².